The van der Waals surface area contributed by atoms with Crippen LogP contribution in [0.3, 0.4) is 0 Å². The molecule has 0 saturated heterocycles. The lowest BCUT2D eigenvalue weighted by atomic mass is 10.2. The Bertz CT molecular complexity index is 803. The average Bonchev–Trinajstić information content (AvgIpc) is 2.40. The Morgan fingerprint density at radius 1 is 1.05 bits per heavy atom. The molecule has 0 radical (unpaired) electrons. The lowest BCUT2D eigenvalue weighted by Crippen LogP contribution is -2.13. The molecule has 9 heteroatoms. The number of halogens is 5. The molecule has 22 heavy (non-hydrogen) atoms. The molecular formula is C13H7ClF4O3S. The minimum atomic E-state index is -4.83. The quantitative estimate of drug-likeness (QED) is 0.611. The number of benzene rings is 2. The van der Waals surface area contributed by atoms with Crippen molar-refractivity contribution in [1.82, 2.24) is 0 Å². The normalized spacial score (nSPS) is 12.2. The van der Waals surface area contributed by atoms with Crippen LogP contribution in [0.2, 0.25) is 5.02 Å². The van der Waals surface area contributed by atoms with Crippen LogP contribution in [0.25, 0.3) is 0 Å². The van der Waals surface area contributed by atoms with Crippen LogP contribution in [0.4, 0.5) is 17.6 Å². The molecule has 0 aliphatic heterocycles. The Balaban J connectivity index is 2.45. The van der Waals surface area contributed by atoms with Crippen molar-refractivity contribution >= 4 is 21.7 Å². The van der Waals surface area contributed by atoms with Crippen LogP contribution in [0.5, 0.6) is 5.75 Å². The fourth-order valence-electron chi connectivity index (χ4n) is 1.56. The van der Waals surface area contributed by atoms with Gasteiger partial charge in [-0.1, -0.05) is 23.7 Å². The molecule has 3 nitrogen and oxygen atoms in total. The van der Waals surface area contributed by atoms with E-state index in [1.165, 1.54) is 12.1 Å². The summed E-state index contributed by atoms with van der Waals surface area (Å²) in [5.41, 5.74) is -1.33. The fourth-order valence-corrected chi connectivity index (χ4v) is 2.75. The Hall–Kier alpha value is -1.80. The third-order valence-corrected chi connectivity index (χ3v) is 4.13. The van der Waals surface area contributed by atoms with E-state index in [4.69, 9.17) is 11.6 Å². The van der Waals surface area contributed by atoms with Gasteiger partial charge in [-0.2, -0.15) is 21.6 Å². The smallest absolute Gasteiger partial charge is 0.376 e. The molecule has 118 valence electrons. The predicted octanol–water partition coefficient (Wildman–Crippen LogP) is 4.27. The largest absolute Gasteiger partial charge is 0.417 e. The highest BCUT2D eigenvalue weighted by Crippen LogP contribution is 2.36. The van der Waals surface area contributed by atoms with Crippen molar-refractivity contribution in [3.05, 3.63) is 58.9 Å². The lowest BCUT2D eigenvalue weighted by Gasteiger charge is -2.12. The number of rotatable bonds is 3. The van der Waals surface area contributed by atoms with Crippen LogP contribution in [0.1, 0.15) is 5.56 Å². The summed E-state index contributed by atoms with van der Waals surface area (Å²) < 4.78 is 80.0. The van der Waals surface area contributed by atoms with Crippen LogP contribution in [-0.4, -0.2) is 8.42 Å². The van der Waals surface area contributed by atoms with Crippen LogP contribution < -0.4 is 4.18 Å². The summed E-state index contributed by atoms with van der Waals surface area (Å²) in [4.78, 5) is -0.785. The lowest BCUT2D eigenvalue weighted by molar-refractivity contribution is -0.137. The molecule has 0 atom stereocenters. The molecule has 0 aliphatic rings. The second kappa shape index (κ2) is 5.77. The molecular weight excluding hydrogens is 348 g/mol. The maximum atomic E-state index is 13.4. The van der Waals surface area contributed by atoms with E-state index in [1.807, 2.05) is 0 Å². The van der Waals surface area contributed by atoms with Gasteiger partial charge in [0, 0.05) is 0 Å². The van der Waals surface area contributed by atoms with Gasteiger partial charge in [-0.05, 0) is 30.3 Å². The summed E-state index contributed by atoms with van der Waals surface area (Å²) >= 11 is 5.40. The molecule has 0 aromatic heterocycles. The molecule has 0 bridgehead atoms. The van der Waals surface area contributed by atoms with Crippen molar-refractivity contribution in [3.63, 3.8) is 0 Å². The molecule has 0 heterocycles. The van der Waals surface area contributed by atoms with E-state index in [9.17, 15) is 26.0 Å². The standard InChI is InChI=1S/C13H7ClF4O3S/c14-10-6-5-8(7-9(10)13(16,17)18)22(19,20)21-12-4-2-1-3-11(12)15/h1-7H. The molecule has 0 saturated carbocycles. The van der Waals surface area contributed by atoms with Gasteiger partial charge in [-0.15, -0.1) is 0 Å². The monoisotopic (exact) mass is 354 g/mol. The van der Waals surface area contributed by atoms with Crippen molar-refractivity contribution < 1.29 is 30.2 Å². The molecule has 0 aliphatic carbocycles. The highest BCUT2D eigenvalue weighted by atomic mass is 35.5. The Kier molecular flexibility index (Phi) is 4.35. The zero-order valence-corrected chi connectivity index (χ0v) is 12.1. The Morgan fingerprint density at radius 2 is 1.68 bits per heavy atom. The van der Waals surface area contributed by atoms with Gasteiger partial charge in [0.25, 0.3) is 0 Å². The van der Waals surface area contributed by atoms with Crippen molar-refractivity contribution in [1.29, 1.82) is 0 Å². The van der Waals surface area contributed by atoms with Crippen LogP contribution in [-0.2, 0) is 16.3 Å². The van der Waals surface area contributed by atoms with Crippen molar-refractivity contribution in [2.75, 3.05) is 0 Å². The minimum Gasteiger partial charge on any atom is -0.376 e. The van der Waals surface area contributed by atoms with Gasteiger partial charge in [0.1, 0.15) is 4.90 Å². The zero-order valence-electron chi connectivity index (χ0n) is 10.6. The van der Waals surface area contributed by atoms with E-state index in [0.29, 0.717) is 6.07 Å². The summed E-state index contributed by atoms with van der Waals surface area (Å²) in [7, 11) is -4.63. The molecule has 0 N–H and O–H groups in total. The highest BCUT2D eigenvalue weighted by molar-refractivity contribution is 7.87. The number of alkyl halides is 3. The third-order valence-electron chi connectivity index (χ3n) is 2.57. The number of hydrogen-bond donors (Lipinski definition) is 0. The average molecular weight is 355 g/mol. The highest BCUT2D eigenvalue weighted by Gasteiger charge is 2.35. The fraction of sp³-hybridized carbons (Fsp3) is 0.0769. The second-order valence-electron chi connectivity index (χ2n) is 4.11. The summed E-state index contributed by atoms with van der Waals surface area (Å²) in [6, 6.07) is 6.56. The van der Waals surface area contributed by atoms with Gasteiger partial charge >= 0.3 is 16.3 Å². The van der Waals surface area contributed by atoms with Crippen molar-refractivity contribution in [2.45, 2.75) is 11.1 Å². The minimum absolute atomic E-state index is 0.332. The Labute approximate surface area is 128 Å². The van der Waals surface area contributed by atoms with Crippen molar-refractivity contribution in [2.24, 2.45) is 0 Å². The zero-order chi connectivity index (χ0) is 16.5. The third kappa shape index (κ3) is 3.50. The van der Waals surface area contributed by atoms with Gasteiger partial charge in [0.05, 0.1) is 10.6 Å². The van der Waals surface area contributed by atoms with E-state index >= 15 is 0 Å². The van der Waals surface area contributed by atoms with Crippen LogP contribution in [0, 0.1) is 5.82 Å². The maximum Gasteiger partial charge on any atom is 0.417 e. The number of para-hydroxylation sites is 1. The van der Waals surface area contributed by atoms with E-state index in [0.717, 1.165) is 24.3 Å². The first kappa shape index (κ1) is 16.6. The van der Waals surface area contributed by atoms with Gasteiger partial charge in [-0.25, -0.2) is 4.39 Å². The van der Waals surface area contributed by atoms with Gasteiger partial charge in [0.15, 0.2) is 11.6 Å². The first-order valence-corrected chi connectivity index (χ1v) is 7.45. The van der Waals surface area contributed by atoms with Crippen LogP contribution in [0.15, 0.2) is 47.4 Å². The summed E-state index contributed by atoms with van der Waals surface area (Å²) in [6.07, 6.45) is -4.83. The van der Waals surface area contributed by atoms with Gasteiger partial charge in [-0.3, -0.25) is 0 Å². The maximum absolute atomic E-state index is 13.4. The predicted molar refractivity (Wildman–Crippen MR) is 70.7 cm³/mol. The molecule has 0 spiro atoms. The summed E-state index contributed by atoms with van der Waals surface area (Å²) in [5.74, 6) is -1.58. The van der Waals surface area contributed by atoms with Crippen LogP contribution >= 0.6 is 11.6 Å². The van der Waals surface area contributed by atoms with E-state index in [2.05, 4.69) is 4.18 Å². The van der Waals surface area contributed by atoms with E-state index in [1.54, 1.807) is 0 Å². The van der Waals surface area contributed by atoms with Crippen molar-refractivity contribution in [3.8, 4) is 5.75 Å². The SMILES string of the molecule is O=S(=O)(Oc1ccccc1F)c1ccc(Cl)c(C(F)(F)F)c1. The topological polar surface area (TPSA) is 43.4 Å². The van der Waals surface area contributed by atoms with Gasteiger partial charge in [0.2, 0.25) is 0 Å². The summed E-state index contributed by atoms with van der Waals surface area (Å²) in [6.45, 7) is 0. The molecule has 0 amide bonds. The van der Waals surface area contributed by atoms with E-state index < -0.39 is 43.3 Å². The number of hydrogen-bond acceptors (Lipinski definition) is 3. The first-order valence-electron chi connectivity index (χ1n) is 5.67. The second-order valence-corrected chi connectivity index (χ2v) is 6.06. The summed E-state index contributed by atoms with van der Waals surface area (Å²) in [5, 5.41) is -0.655. The molecule has 2 aromatic rings. The Morgan fingerprint density at radius 3 is 2.27 bits per heavy atom. The first-order chi connectivity index (χ1) is 10.1. The molecule has 2 rings (SSSR count). The molecule has 0 fully saturated rings. The molecule has 2 aromatic carbocycles. The molecule has 0 unspecified atom stereocenters. The van der Waals surface area contributed by atoms with E-state index in [-0.39, 0.29) is 0 Å². The van der Waals surface area contributed by atoms with Gasteiger partial charge < -0.3 is 4.18 Å².